The zero-order chi connectivity index (χ0) is 12.6. The van der Waals surface area contributed by atoms with E-state index in [0.717, 1.165) is 10.6 Å². The number of aliphatic imine (C=N–C) groups is 1. The second-order valence-electron chi connectivity index (χ2n) is 3.54. The van der Waals surface area contributed by atoms with Crippen LogP contribution in [0.5, 0.6) is 0 Å². The van der Waals surface area contributed by atoms with Gasteiger partial charge in [-0.25, -0.2) is 0 Å². The summed E-state index contributed by atoms with van der Waals surface area (Å²) in [5.41, 5.74) is 0.896. The van der Waals surface area contributed by atoms with Crippen LogP contribution in [0.1, 0.15) is 27.2 Å². The Morgan fingerprint density at radius 3 is 2.69 bits per heavy atom. The molecular formula is C10H18N2O3S. The van der Waals surface area contributed by atoms with Gasteiger partial charge >= 0.3 is 0 Å². The highest BCUT2D eigenvalue weighted by molar-refractivity contribution is 8.02. The van der Waals surface area contributed by atoms with E-state index in [2.05, 4.69) is 9.83 Å². The maximum absolute atomic E-state index is 9.98. The number of nitrogens with zero attached hydrogens (tertiary/aromatic N) is 2. The SMILES string of the molecule is CS/C(CCO[N+](=O)[O-])=C(/C)N=CC(C)C. The average Bonchev–Trinajstić information content (AvgIpc) is 2.20. The molecule has 0 bridgehead atoms. The summed E-state index contributed by atoms with van der Waals surface area (Å²) in [6.45, 7) is 6.07. The molecule has 0 unspecified atom stereocenters. The highest BCUT2D eigenvalue weighted by Crippen LogP contribution is 2.21. The molecule has 0 aromatic rings. The summed E-state index contributed by atoms with van der Waals surface area (Å²) in [7, 11) is 0. The van der Waals surface area contributed by atoms with Gasteiger partial charge in [0.1, 0.15) is 6.61 Å². The minimum Gasteiger partial charge on any atom is -0.314 e. The molecule has 0 aliphatic heterocycles. The molecule has 5 nitrogen and oxygen atoms in total. The monoisotopic (exact) mass is 246 g/mol. The normalized spacial score (nSPS) is 13.1. The van der Waals surface area contributed by atoms with E-state index >= 15 is 0 Å². The van der Waals surface area contributed by atoms with Crippen LogP contribution < -0.4 is 0 Å². The van der Waals surface area contributed by atoms with Crippen LogP contribution in [0, 0.1) is 16.0 Å². The predicted octanol–water partition coefficient (Wildman–Crippen LogP) is 2.91. The highest BCUT2D eigenvalue weighted by atomic mass is 32.2. The first-order valence-corrected chi connectivity index (χ1v) is 6.25. The summed E-state index contributed by atoms with van der Waals surface area (Å²) >= 11 is 1.54. The Morgan fingerprint density at radius 1 is 1.62 bits per heavy atom. The summed E-state index contributed by atoms with van der Waals surface area (Å²) in [6, 6.07) is 0. The van der Waals surface area contributed by atoms with Crippen LogP contribution in [0.2, 0.25) is 0 Å². The van der Waals surface area contributed by atoms with Crippen LogP contribution in [0.4, 0.5) is 0 Å². The van der Waals surface area contributed by atoms with E-state index in [1.807, 2.05) is 33.2 Å². The van der Waals surface area contributed by atoms with Crippen LogP contribution in [0.15, 0.2) is 15.6 Å². The number of hydrogen-bond acceptors (Lipinski definition) is 5. The van der Waals surface area contributed by atoms with Crippen LogP contribution >= 0.6 is 11.8 Å². The van der Waals surface area contributed by atoms with Crippen molar-refractivity contribution in [1.29, 1.82) is 0 Å². The lowest BCUT2D eigenvalue weighted by molar-refractivity contribution is -0.757. The molecule has 0 rings (SSSR count). The maximum atomic E-state index is 9.98. The smallest absolute Gasteiger partial charge is 0.294 e. The van der Waals surface area contributed by atoms with Gasteiger partial charge in [0.25, 0.3) is 5.09 Å². The minimum atomic E-state index is -0.773. The number of hydrogen-bond donors (Lipinski definition) is 0. The van der Waals surface area contributed by atoms with Gasteiger partial charge in [-0.3, -0.25) is 4.99 Å². The van der Waals surface area contributed by atoms with Crippen LogP contribution in [-0.4, -0.2) is 24.2 Å². The van der Waals surface area contributed by atoms with Gasteiger partial charge in [0.15, 0.2) is 0 Å². The third-order valence-corrected chi connectivity index (χ3v) is 2.73. The summed E-state index contributed by atoms with van der Waals surface area (Å²) in [4.78, 5) is 19.6. The molecule has 0 saturated carbocycles. The molecule has 0 radical (unpaired) electrons. The predicted molar refractivity (Wildman–Crippen MR) is 67.1 cm³/mol. The minimum absolute atomic E-state index is 0.0811. The van der Waals surface area contributed by atoms with Gasteiger partial charge in [-0.05, 0) is 19.1 Å². The van der Waals surface area contributed by atoms with Gasteiger partial charge in [0, 0.05) is 23.2 Å². The molecule has 0 fully saturated rings. The topological polar surface area (TPSA) is 64.7 Å². The van der Waals surface area contributed by atoms with E-state index in [0.29, 0.717) is 12.3 Å². The Balaban J connectivity index is 4.32. The third-order valence-electron chi connectivity index (χ3n) is 1.74. The second-order valence-corrected chi connectivity index (χ2v) is 4.44. The first-order chi connectivity index (χ1) is 7.47. The fraction of sp³-hybridized carbons (Fsp3) is 0.700. The summed E-state index contributed by atoms with van der Waals surface area (Å²) in [5, 5.41) is 9.21. The van der Waals surface area contributed by atoms with Crippen molar-refractivity contribution in [3.05, 3.63) is 20.7 Å². The van der Waals surface area contributed by atoms with Crippen LogP contribution in [0.25, 0.3) is 0 Å². The Morgan fingerprint density at radius 2 is 2.25 bits per heavy atom. The van der Waals surface area contributed by atoms with Crippen molar-refractivity contribution in [3.63, 3.8) is 0 Å². The molecule has 0 N–H and O–H groups in total. The van der Waals surface area contributed by atoms with Crippen molar-refractivity contribution in [3.8, 4) is 0 Å². The van der Waals surface area contributed by atoms with Gasteiger partial charge in [-0.1, -0.05) is 13.8 Å². The van der Waals surface area contributed by atoms with Gasteiger partial charge < -0.3 is 4.84 Å². The molecule has 6 heteroatoms. The molecule has 0 heterocycles. The van der Waals surface area contributed by atoms with E-state index in [1.54, 1.807) is 11.8 Å². The molecule has 0 aliphatic rings. The molecule has 0 aromatic heterocycles. The molecule has 0 saturated heterocycles. The zero-order valence-corrected chi connectivity index (χ0v) is 10.9. The zero-order valence-electron chi connectivity index (χ0n) is 10.1. The Hall–Kier alpha value is -1.04. The van der Waals surface area contributed by atoms with Gasteiger partial charge in [-0.2, -0.15) is 0 Å². The fourth-order valence-corrected chi connectivity index (χ4v) is 1.61. The fourth-order valence-electron chi connectivity index (χ4n) is 0.976. The molecule has 0 atom stereocenters. The number of thioether (sulfide) groups is 1. The molecule has 0 aromatic carbocycles. The van der Waals surface area contributed by atoms with Crippen LogP contribution in [-0.2, 0) is 4.84 Å². The van der Waals surface area contributed by atoms with Crippen molar-refractivity contribution >= 4 is 18.0 Å². The van der Waals surface area contributed by atoms with E-state index in [-0.39, 0.29) is 6.61 Å². The van der Waals surface area contributed by atoms with E-state index in [9.17, 15) is 10.1 Å². The van der Waals surface area contributed by atoms with E-state index < -0.39 is 5.09 Å². The lowest BCUT2D eigenvalue weighted by Crippen LogP contribution is -2.02. The molecule has 16 heavy (non-hydrogen) atoms. The first kappa shape index (κ1) is 15.0. The van der Waals surface area contributed by atoms with Crippen molar-refractivity contribution in [1.82, 2.24) is 0 Å². The number of allylic oxidation sites excluding steroid dienone is 1. The summed E-state index contributed by atoms with van der Waals surface area (Å²) in [6.07, 6.45) is 4.30. The molecule has 0 aliphatic carbocycles. The standard InChI is InChI=1S/C10H18N2O3S/c1-8(2)7-11-9(3)10(16-4)5-6-15-12(13)14/h7-8H,5-6H2,1-4H3/b10-9-,11-7?. The first-order valence-electron chi connectivity index (χ1n) is 5.02. The molecule has 0 amide bonds. The van der Waals surface area contributed by atoms with Crippen molar-refractivity contribution in [2.45, 2.75) is 27.2 Å². The summed E-state index contributed by atoms with van der Waals surface area (Å²) in [5.74, 6) is 0.396. The third kappa shape index (κ3) is 7.28. The number of rotatable bonds is 7. The average molecular weight is 246 g/mol. The molecular weight excluding hydrogens is 228 g/mol. The molecule has 0 spiro atoms. The van der Waals surface area contributed by atoms with Crippen LogP contribution in [0.3, 0.4) is 0 Å². The lowest BCUT2D eigenvalue weighted by atomic mass is 10.2. The quantitative estimate of drug-likeness (QED) is 0.393. The lowest BCUT2D eigenvalue weighted by Gasteiger charge is -2.06. The van der Waals surface area contributed by atoms with E-state index in [4.69, 9.17) is 0 Å². The Labute approximate surface area is 100 Å². The van der Waals surface area contributed by atoms with Crippen molar-refractivity contribution < 1.29 is 9.92 Å². The van der Waals surface area contributed by atoms with Gasteiger partial charge in [-0.15, -0.1) is 21.9 Å². The Kier molecular flexibility index (Phi) is 7.62. The largest absolute Gasteiger partial charge is 0.314 e. The maximum Gasteiger partial charge on any atom is 0.294 e. The van der Waals surface area contributed by atoms with E-state index in [1.165, 1.54) is 0 Å². The van der Waals surface area contributed by atoms with Gasteiger partial charge in [0.05, 0.1) is 0 Å². The van der Waals surface area contributed by atoms with Gasteiger partial charge in [0.2, 0.25) is 0 Å². The van der Waals surface area contributed by atoms with Crippen molar-refractivity contribution in [2.24, 2.45) is 10.9 Å². The second kappa shape index (κ2) is 8.15. The molecule has 92 valence electrons. The van der Waals surface area contributed by atoms with Crippen molar-refractivity contribution in [2.75, 3.05) is 12.9 Å². The highest BCUT2D eigenvalue weighted by Gasteiger charge is 2.02. The summed E-state index contributed by atoms with van der Waals surface area (Å²) < 4.78 is 0. The Bertz CT molecular complexity index is 288.